The normalized spacial score (nSPS) is 9.62. The Bertz CT molecular complexity index is 218. The second-order valence-electron chi connectivity index (χ2n) is 2.08. The minimum absolute atomic E-state index is 0.125. The van der Waals surface area contributed by atoms with Crippen LogP contribution in [0.3, 0.4) is 0 Å². The van der Waals surface area contributed by atoms with Crippen molar-refractivity contribution in [3.8, 4) is 0 Å². The summed E-state index contributed by atoms with van der Waals surface area (Å²) in [5.41, 5.74) is 0. The Labute approximate surface area is 76.8 Å². The van der Waals surface area contributed by atoms with Gasteiger partial charge >= 0.3 is 11.9 Å². The van der Waals surface area contributed by atoms with Crippen molar-refractivity contribution in [3.05, 3.63) is 24.8 Å². The van der Waals surface area contributed by atoms with Gasteiger partial charge < -0.3 is 9.47 Å². The highest BCUT2D eigenvalue weighted by atomic mass is 16.6. The lowest BCUT2D eigenvalue weighted by atomic mass is 10.5. The minimum Gasteiger partial charge on any atom is -0.459 e. The lowest BCUT2D eigenvalue weighted by molar-refractivity contribution is -0.155. The Morgan fingerprint density at radius 3 is 2.62 bits per heavy atom. The van der Waals surface area contributed by atoms with Gasteiger partial charge in [0.15, 0.2) is 6.61 Å². The van der Waals surface area contributed by atoms with Crippen LogP contribution in [0.2, 0.25) is 0 Å². The van der Waals surface area contributed by atoms with Gasteiger partial charge in [0.05, 0.1) is 0 Å². The molecular formula is C9H12O4. The maximum Gasteiger partial charge on any atom is 0.344 e. The van der Waals surface area contributed by atoms with Crippen molar-refractivity contribution in [1.82, 2.24) is 0 Å². The predicted octanol–water partition coefficient (Wildman–Crippen LogP) is 0.835. The molecule has 4 nitrogen and oxygen atoms in total. The van der Waals surface area contributed by atoms with Crippen molar-refractivity contribution < 1.29 is 19.1 Å². The average Bonchev–Trinajstić information content (AvgIpc) is 2.12. The van der Waals surface area contributed by atoms with Crippen LogP contribution in [0.1, 0.15) is 6.92 Å². The molecule has 0 radical (unpaired) electrons. The molecular weight excluding hydrogens is 172 g/mol. The van der Waals surface area contributed by atoms with Crippen LogP contribution in [-0.2, 0) is 19.1 Å². The van der Waals surface area contributed by atoms with Crippen LogP contribution in [0.5, 0.6) is 0 Å². The lowest BCUT2D eigenvalue weighted by Gasteiger charge is -2.01. The highest BCUT2D eigenvalue weighted by molar-refractivity contribution is 5.84. The van der Waals surface area contributed by atoms with Crippen LogP contribution in [0, 0.1) is 0 Å². The summed E-state index contributed by atoms with van der Waals surface area (Å²) in [6, 6.07) is 0. The molecule has 0 N–H and O–H groups in total. The van der Waals surface area contributed by atoms with Crippen LogP contribution in [0.4, 0.5) is 0 Å². The Morgan fingerprint density at radius 2 is 2.08 bits per heavy atom. The van der Waals surface area contributed by atoms with E-state index in [-0.39, 0.29) is 13.2 Å². The molecule has 0 saturated heterocycles. The molecule has 0 fully saturated rings. The van der Waals surface area contributed by atoms with Gasteiger partial charge in [0.2, 0.25) is 0 Å². The molecule has 0 atom stereocenters. The molecule has 0 aliphatic carbocycles. The fraction of sp³-hybridized carbons (Fsp3) is 0.333. The predicted molar refractivity (Wildman–Crippen MR) is 46.9 cm³/mol. The standard InChI is InChI=1S/C9H12O4/c1-3-5-8(10)13-7-9(11)12-6-4-2/h3-5H,2,6-7H2,1H3. The zero-order chi connectivity index (χ0) is 10.1. The summed E-state index contributed by atoms with van der Waals surface area (Å²) in [5.74, 6) is -1.14. The first-order chi connectivity index (χ1) is 6.20. The number of allylic oxidation sites excluding steroid dienone is 1. The van der Waals surface area contributed by atoms with Crippen molar-refractivity contribution in [1.29, 1.82) is 0 Å². The second-order valence-corrected chi connectivity index (χ2v) is 2.08. The maximum absolute atomic E-state index is 10.7. The fourth-order valence-corrected chi connectivity index (χ4v) is 0.508. The Hall–Kier alpha value is -1.58. The van der Waals surface area contributed by atoms with Crippen molar-refractivity contribution in [2.45, 2.75) is 6.92 Å². The van der Waals surface area contributed by atoms with Gasteiger partial charge in [-0.3, -0.25) is 0 Å². The molecule has 0 saturated carbocycles. The third-order valence-corrected chi connectivity index (χ3v) is 0.997. The monoisotopic (exact) mass is 184 g/mol. The molecule has 0 aliphatic heterocycles. The van der Waals surface area contributed by atoms with Crippen LogP contribution in [0.25, 0.3) is 0 Å². The molecule has 0 aromatic rings. The number of hydrogen-bond acceptors (Lipinski definition) is 4. The van der Waals surface area contributed by atoms with Crippen molar-refractivity contribution >= 4 is 11.9 Å². The minimum atomic E-state index is -0.585. The van der Waals surface area contributed by atoms with Gasteiger partial charge in [-0.1, -0.05) is 18.7 Å². The lowest BCUT2D eigenvalue weighted by Crippen LogP contribution is -2.15. The van der Waals surface area contributed by atoms with Crippen LogP contribution in [0.15, 0.2) is 24.8 Å². The smallest absolute Gasteiger partial charge is 0.344 e. The Balaban J connectivity index is 3.57. The van der Waals surface area contributed by atoms with Crippen LogP contribution in [-0.4, -0.2) is 25.2 Å². The van der Waals surface area contributed by atoms with Crippen LogP contribution < -0.4 is 0 Å². The molecule has 4 heteroatoms. The van der Waals surface area contributed by atoms with Crippen molar-refractivity contribution in [3.63, 3.8) is 0 Å². The molecule has 0 aromatic heterocycles. The summed E-state index contributed by atoms with van der Waals surface area (Å²) in [6.07, 6.45) is 4.18. The largest absolute Gasteiger partial charge is 0.459 e. The van der Waals surface area contributed by atoms with Gasteiger partial charge in [0, 0.05) is 6.08 Å². The molecule has 0 amide bonds. The quantitative estimate of drug-likeness (QED) is 0.361. The van der Waals surface area contributed by atoms with E-state index >= 15 is 0 Å². The van der Waals surface area contributed by atoms with E-state index in [9.17, 15) is 9.59 Å². The first-order valence-electron chi connectivity index (χ1n) is 3.76. The topological polar surface area (TPSA) is 52.6 Å². The van der Waals surface area contributed by atoms with E-state index in [0.29, 0.717) is 0 Å². The Kier molecular flexibility index (Phi) is 6.23. The number of hydrogen-bond donors (Lipinski definition) is 0. The fourth-order valence-electron chi connectivity index (χ4n) is 0.508. The molecule has 0 aromatic carbocycles. The van der Waals surface area contributed by atoms with Gasteiger partial charge in [-0.15, -0.1) is 0 Å². The number of esters is 2. The van der Waals surface area contributed by atoms with E-state index in [1.54, 1.807) is 6.92 Å². The average molecular weight is 184 g/mol. The van der Waals surface area contributed by atoms with E-state index < -0.39 is 11.9 Å². The molecule has 0 heterocycles. The van der Waals surface area contributed by atoms with E-state index in [4.69, 9.17) is 0 Å². The zero-order valence-electron chi connectivity index (χ0n) is 7.49. The number of ether oxygens (including phenoxy) is 2. The molecule has 0 rings (SSSR count). The first kappa shape index (κ1) is 11.4. The van der Waals surface area contributed by atoms with E-state index in [2.05, 4.69) is 16.1 Å². The highest BCUT2D eigenvalue weighted by Crippen LogP contribution is 1.85. The van der Waals surface area contributed by atoms with Gasteiger partial charge in [0.25, 0.3) is 0 Å². The number of carbonyl (C=O) groups excluding carboxylic acids is 2. The summed E-state index contributed by atoms with van der Waals surface area (Å²) in [5, 5.41) is 0. The number of carbonyl (C=O) groups is 2. The SMILES string of the molecule is C=CCOC(=O)COC(=O)C=CC. The third-order valence-electron chi connectivity index (χ3n) is 0.997. The number of rotatable bonds is 5. The third kappa shape index (κ3) is 6.80. The summed E-state index contributed by atoms with van der Waals surface area (Å²) in [6.45, 7) is 4.80. The van der Waals surface area contributed by atoms with Gasteiger partial charge in [-0.05, 0) is 6.92 Å². The summed E-state index contributed by atoms with van der Waals surface area (Å²) in [7, 11) is 0. The van der Waals surface area contributed by atoms with E-state index in [1.165, 1.54) is 18.2 Å². The maximum atomic E-state index is 10.7. The molecule has 72 valence electrons. The second kappa shape index (κ2) is 7.09. The molecule has 0 spiro atoms. The van der Waals surface area contributed by atoms with E-state index in [1.807, 2.05) is 0 Å². The Morgan fingerprint density at radius 1 is 1.38 bits per heavy atom. The first-order valence-corrected chi connectivity index (χ1v) is 3.76. The van der Waals surface area contributed by atoms with Gasteiger partial charge in [-0.2, -0.15) is 0 Å². The molecule has 0 aliphatic rings. The van der Waals surface area contributed by atoms with Crippen molar-refractivity contribution in [2.75, 3.05) is 13.2 Å². The van der Waals surface area contributed by atoms with Gasteiger partial charge in [-0.25, -0.2) is 9.59 Å². The van der Waals surface area contributed by atoms with Crippen molar-refractivity contribution in [2.24, 2.45) is 0 Å². The van der Waals surface area contributed by atoms with Crippen LogP contribution >= 0.6 is 0 Å². The summed E-state index contributed by atoms with van der Waals surface area (Å²) >= 11 is 0. The van der Waals surface area contributed by atoms with E-state index in [0.717, 1.165) is 0 Å². The highest BCUT2D eigenvalue weighted by Gasteiger charge is 2.04. The summed E-state index contributed by atoms with van der Waals surface area (Å²) < 4.78 is 9.07. The van der Waals surface area contributed by atoms with Gasteiger partial charge in [0.1, 0.15) is 6.61 Å². The molecule has 0 unspecified atom stereocenters. The zero-order valence-corrected chi connectivity index (χ0v) is 7.49. The molecule has 13 heavy (non-hydrogen) atoms. The molecule has 0 bridgehead atoms. The summed E-state index contributed by atoms with van der Waals surface area (Å²) in [4.78, 5) is 21.4.